The summed E-state index contributed by atoms with van der Waals surface area (Å²) in [5, 5.41) is 7.71. The lowest BCUT2D eigenvalue weighted by Gasteiger charge is -2.30. The first-order valence-corrected chi connectivity index (χ1v) is 8.73. The summed E-state index contributed by atoms with van der Waals surface area (Å²) >= 11 is 5.89. The van der Waals surface area contributed by atoms with E-state index in [-0.39, 0.29) is 17.5 Å². The van der Waals surface area contributed by atoms with E-state index in [1.54, 1.807) is 6.92 Å². The zero-order valence-corrected chi connectivity index (χ0v) is 15.5. The van der Waals surface area contributed by atoms with Gasteiger partial charge in [0, 0.05) is 31.2 Å². The normalized spacial score (nSPS) is 15.7. The molecule has 1 atom stereocenters. The molecule has 0 radical (unpaired) electrons. The minimum atomic E-state index is -0.426. The summed E-state index contributed by atoms with van der Waals surface area (Å²) in [5.74, 6) is 0.294. The molecule has 0 aliphatic carbocycles. The number of hydrogen-bond acceptors (Lipinski definition) is 7. The van der Waals surface area contributed by atoms with E-state index in [1.807, 2.05) is 6.92 Å². The highest BCUT2D eigenvalue weighted by atomic mass is 35.5. The Hall–Kier alpha value is -2.03. The highest BCUT2D eigenvalue weighted by Crippen LogP contribution is 2.26. The fourth-order valence-electron chi connectivity index (χ4n) is 2.48. The van der Waals surface area contributed by atoms with Gasteiger partial charge < -0.3 is 14.6 Å². The molecule has 0 saturated carbocycles. The molecule has 142 valence electrons. The molecule has 26 heavy (non-hydrogen) atoms. The number of piperazine rings is 1. The zero-order valence-electron chi connectivity index (χ0n) is 14.7. The van der Waals surface area contributed by atoms with Crippen LogP contribution in [0.5, 0.6) is 0 Å². The fourth-order valence-corrected chi connectivity index (χ4v) is 2.65. The summed E-state index contributed by atoms with van der Waals surface area (Å²) in [4.78, 5) is 15.8. The first-order chi connectivity index (χ1) is 12.6. The maximum atomic E-state index is 13.8. The standard InChI is InChI=1S/C14H16ClFN4O.C3H6O2/c1-9(20-6-4-17-5-7-20)13-18-14(21-19-13)11-8-10(15)2-3-12(11)16;1-2-5-3-4/h2-3,8-9,17H,4-7H2,1H3;3H,2H2,1H3. The highest BCUT2D eigenvalue weighted by Gasteiger charge is 2.23. The predicted octanol–water partition coefficient (Wildman–Crippen LogP) is 2.67. The molecule has 7 nitrogen and oxygen atoms in total. The van der Waals surface area contributed by atoms with Crippen molar-refractivity contribution in [2.75, 3.05) is 32.8 Å². The number of ether oxygens (including phenoxy) is 1. The molecule has 1 saturated heterocycles. The van der Waals surface area contributed by atoms with Crippen molar-refractivity contribution in [1.82, 2.24) is 20.4 Å². The van der Waals surface area contributed by atoms with Crippen molar-refractivity contribution in [3.8, 4) is 11.5 Å². The van der Waals surface area contributed by atoms with Crippen LogP contribution in [0.15, 0.2) is 22.7 Å². The number of carbonyl (C=O) groups excluding carboxylic acids is 1. The Morgan fingerprint density at radius 1 is 1.46 bits per heavy atom. The van der Waals surface area contributed by atoms with Crippen LogP contribution in [0.2, 0.25) is 5.02 Å². The quantitative estimate of drug-likeness (QED) is 0.793. The molecule has 9 heteroatoms. The number of benzene rings is 1. The second kappa shape index (κ2) is 10.2. The smallest absolute Gasteiger partial charge is 0.293 e. The van der Waals surface area contributed by atoms with Crippen LogP contribution in [0.1, 0.15) is 25.7 Å². The lowest BCUT2D eigenvalue weighted by Crippen LogP contribution is -2.44. The number of aromatic nitrogens is 2. The maximum Gasteiger partial charge on any atom is 0.293 e. The van der Waals surface area contributed by atoms with Gasteiger partial charge in [-0.25, -0.2) is 4.39 Å². The van der Waals surface area contributed by atoms with Crippen molar-refractivity contribution in [2.24, 2.45) is 0 Å². The van der Waals surface area contributed by atoms with Crippen molar-refractivity contribution in [2.45, 2.75) is 19.9 Å². The van der Waals surface area contributed by atoms with Crippen molar-refractivity contribution in [1.29, 1.82) is 0 Å². The minimum absolute atomic E-state index is 0.0341. The number of nitrogens with one attached hydrogen (secondary N) is 1. The average molecular weight is 385 g/mol. The van der Waals surface area contributed by atoms with Gasteiger partial charge in [-0.2, -0.15) is 4.98 Å². The zero-order chi connectivity index (χ0) is 18.9. The molecule has 1 aliphatic heterocycles. The second-order valence-electron chi connectivity index (χ2n) is 5.60. The maximum absolute atomic E-state index is 13.8. The van der Waals surface area contributed by atoms with E-state index in [1.165, 1.54) is 18.2 Å². The third-order valence-electron chi connectivity index (χ3n) is 3.91. The van der Waals surface area contributed by atoms with Gasteiger partial charge in [0.25, 0.3) is 12.4 Å². The van der Waals surface area contributed by atoms with Gasteiger partial charge >= 0.3 is 0 Å². The van der Waals surface area contributed by atoms with Crippen LogP contribution in [0, 0.1) is 5.82 Å². The van der Waals surface area contributed by atoms with E-state index < -0.39 is 5.82 Å². The molecular weight excluding hydrogens is 363 g/mol. The molecule has 0 spiro atoms. The lowest BCUT2D eigenvalue weighted by atomic mass is 10.2. The van der Waals surface area contributed by atoms with Gasteiger partial charge in [-0.1, -0.05) is 16.8 Å². The van der Waals surface area contributed by atoms with Crippen molar-refractivity contribution >= 4 is 18.1 Å². The Bertz CT molecular complexity index is 707. The average Bonchev–Trinajstić information content (AvgIpc) is 3.15. The van der Waals surface area contributed by atoms with Gasteiger partial charge in [-0.05, 0) is 32.0 Å². The third-order valence-corrected chi connectivity index (χ3v) is 4.14. The molecule has 3 rings (SSSR count). The summed E-state index contributed by atoms with van der Waals surface area (Å²) in [6, 6.07) is 4.30. The molecule has 0 amide bonds. The lowest BCUT2D eigenvalue weighted by molar-refractivity contribution is -0.128. The molecule has 1 aromatic heterocycles. The third kappa shape index (κ3) is 5.48. The minimum Gasteiger partial charge on any atom is -0.468 e. The molecule has 1 fully saturated rings. The summed E-state index contributed by atoms with van der Waals surface area (Å²) in [7, 11) is 0. The Morgan fingerprint density at radius 2 is 2.19 bits per heavy atom. The Labute approximate surface area is 156 Å². The van der Waals surface area contributed by atoms with E-state index in [0.29, 0.717) is 23.9 Å². The van der Waals surface area contributed by atoms with E-state index in [9.17, 15) is 9.18 Å². The monoisotopic (exact) mass is 384 g/mol. The molecule has 1 N–H and O–H groups in total. The van der Waals surface area contributed by atoms with Gasteiger partial charge in [0.05, 0.1) is 18.2 Å². The Balaban J connectivity index is 0.000000431. The molecule has 1 aromatic carbocycles. The van der Waals surface area contributed by atoms with Crippen molar-refractivity contribution in [3.63, 3.8) is 0 Å². The highest BCUT2D eigenvalue weighted by molar-refractivity contribution is 6.30. The van der Waals surface area contributed by atoms with Gasteiger partial charge in [0.1, 0.15) is 5.82 Å². The van der Waals surface area contributed by atoms with Crippen LogP contribution < -0.4 is 5.32 Å². The number of carbonyl (C=O) groups is 1. The predicted molar refractivity (Wildman–Crippen MR) is 95.2 cm³/mol. The topological polar surface area (TPSA) is 80.5 Å². The molecule has 2 heterocycles. The molecular formula is C17H22ClFN4O3. The summed E-state index contributed by atoms with van der Waals surface area (Å²) in [6.45, 7) is 8.43. The number of nitrogens with zero attached hydrogens (tertiary/aromatic N) is 3. The Kier molecular flexibility index (Phi) is 7.96. The molecule has 1 aliphatic rings. The van der Waals surface area contributed by atoms with E-state index in [2.05, 4.69) is 25.1 Å². The first-order valence-electron chi connectivity index (χ1n) is 8.35. The number of hydrogen-bond donors (Lipinski definition) is 1. The van der Waals surface area contributed by atoms with E-state index >= 15 is 0 Å². The largest absolute Gasteiger partial charge is 0.468 e. The van der Waals surface area contributed by atoms with Crippen molar-refractivity contribution < 1.29 is 18.4 Å². The van der Waals surface area contributed by atoms with Crippen LogP contribution in [0.3, 0.4) is 0 Å². The van der Waals surface area contributed by atoms with Crippen LogP contribution in [0.4, 0.5) is 4.39 Å². The molecule has 1 unspecified atom stereocenters. The van der Waals surface area contributed by atoms with Crippen LogP contribution in [-0.4, -0.2) is 54.3 Å². The Morgan fingerprint density at radius 3 is 2.81 bits per heavy atom. The van der Waals surface area contributed by atoms with Gasteiger partial charge in [0.2, 0.25) is 0 Å². The summed E-state index contributed by atoms with van der Waals surface area (Å²) < 4.78 is 23.2. The number of halogens is 2. The fraction of sp³-hybridized carbons (Fsp3) is 0.471. The van der Waals surface area contributed by atoms with E-state index in [4.69, 9.17) is 16.1 Å². The summed E-state index contributed by atoms with van der Waals surface area (Å²) in [6.07, 6.45) is 0. The van der Waals surface area contributed by atoms with E-state index in [0.717, 1.165) is 26.2 Å². The van der Waals surface area contributed by atoms with Crippen molar-refractivity contribution in [3.05, 3.63) is 34.9 Å². The molecule has 0 bridgehead atoms. The second-order valence-corrected chi connectivity index (χ2v) is 6.03. The number of rotatable bonds is 5. The SMILES string of the molecule is CC(c1noc(-c2cc(Cl)ccc2F)n1)N1CCNCC1.CCOC=O. The van der Waals surface area contributed by atoms with Gasteiger partial charge in [-0.15, -0.1) is 0 Å². The van der Waals surface area contributed by atoms with Crippen LogP contribution >= 0.6 is 11.6 Å². The summed E-state index contributed by atoms with van der Waals surface area (Å²) in [5.41, 5.74) is 0.230. The molecule has 2 aromatic rings. The van der Waals surface area contributed by atoms with Gasteiger partial charge in [-0.3, -0.25) is 9.69 Å². The first kappa shape index (κ1) is 20.3. The van der Waals surface area contributed by atoms with Crippen LogP contribution in [-0.2, 0) is 9.53 Å². The van der Waals surface area contributed by atoms with Crippen LogP contribution in [0.25, 0.3) is 11.5 Å². The van der Waals surface area contributed by atoms with Gasteiger partial charge in [0.15, 0.2) is 5.82 Å².